The Morgan fingerprint density at radius 1 is 1.53 bits per heavy atom. The number of nitrogens with two attached hydrogens (primary N) is 1. The first-order chi connectivity index (χ1) is 7.00. The fraction of sp³-hybridized carbons (Fsp3) is 0.500. The van der Waals surface area contributed by atoms with Crippen LogP contribution in [0.5, 0.6) is 0 Å². The second-order valence-electron chi connectivity index (χ2n) is 3.35. The van der Waals surface area contributed by atoms with E-state index in [1.165, 1.54) is 0 Å². The van der Waals surface area contributed by atoms with Gasteiger partial charge >= 0.3 is 0 Å². The molecule has 0 aliphatic carbocycles. The van der Waals surface area contributed by atoms with E-state index < -0.39 is 11.8 Å². The van der Waals surface area contributed by atoms with Crippen LogP contribution in [0.1, 0.15) is 36.2 Å². The Hall–Kier alpha value is -1.92. The summed E-state index contributed by atoms with van der Waals surface area (Å²) in [6.07, 6.45) is 0. The van der Waals surface area contributed by atoms with Crippen LogP contribution in [0.2, 0.25) is 0 Å². The molecule has 7 heteroatoms. The standard InChI is InChI=1S/C8H13N5O2/c1-4(2)6-11-7(13-12-6)8(15)10-3-5(9)14/h4H,3H2,1-2H3,(H2,9,14)(H,10,15)(H,11,12,13). The third kappa shape index (κ3) is 3.04. The molecule has 0 spiro atoms. The van der Waals surface area contributed by atoms with Crippen LogP contribution in [0.15, 0.2) is 0 Å². The van der Waals surface area contributed by atoms with Crippen LogP contribution in [-0.2, 0) is 4.79 Å². The van der Waals surface area contributed by atoms with Crippen LogP contribution >= 0.6 is 0 Å². The molecule has 1 aromatic rings. The molecule has 0 unspecified atom stereocenters. The lowest BCUT2D eigenvalue weighted by molar-refractivity contribution is -0.117. The minimum atomic E-state index is -0.608. The lowest BCUT2D eigenvalue weighted by Crippen LogP contribution is -2.33. The van der Waals surface area contributed by atoms with E-state index in [2.05, 4.69) is 20.5 Å². The first-order valence-electron chi connectivity index (χ1n) is 4.49. The number of carbonyl (C=O) groups is 2. The predicted molar refractivity (Wildman–Crippen MR) is 52.0 cm³/mol. The molecule has 0 saturated carbocycles. The zero-order chi connectivity index (χ0) is 11.4. The summed E-state index contributed by atoms with van der Waals surface area (Å²) in [7, 11) is 0. The van der Waals surface area contributed by atoms with E-state index in [-0.39, 0.29) is 18.3 Å². The zero-order valence-corrected chi connectivity index (χ0v) is 8.57. The maximum Gasteiger partial charge on any atom is 0.291 e. The van der Waals surface area contributed by atoms with Gasteiger partial charge in [0, 0.05) is 5.92 Å². The van der Waals surface area contributed by atoms with Crippen LogP contribution in [0, 0.1) is 0 Å². The van der Waals surface area contributed by atoms with E-state index in [1.54, 1.807) is 0 Å². The molecule has 0 bridgehead atoms. The Labute approximate surface area is 86.5 Å². The number of amides is 2. The number of aromatic amines is 1. The van der Waals surface area contributed by atoms with Crippen LogP contribution in [0.3, 0.4) is 0 Å². The van der Waals surface area contributed by atoms with E-state index in [1.807, 2.05) is 13.8 Å². The van der Waals surface area contributed by atoms with Gasteiger partial charge in [0.25, 0.3) is 5.91 Å². The highest BCUT2D eigenvalue weighted by atomic mass is 16.2. The summed E-state index contributed by atoms with van der Waals surface area (Å²) < 4.78 is 0. The first kappa shape index (κ1) is 11.2. The van der Waals surface area contributed by atoms with Gasteiger partial charge < -0.3 is 11.1 Å². The average Bonchev–Trinajstić information content (AvgIpc) is 2.62. The van der Waals surface area contributed by atoms with Crippen LogP contribution in [-0.4, -0.2) is 33.5 Å². The van der Waals surface area contributed by atoms with Gasteiger partial charge in [-0.15, -0.1) is 5.10 Å². The smallest absolute Gasteiger partial charge is 0.291 e. The molecule has 0 aliphatic rings. The molecule has 0 aromatic carbocycles. The molecular weight excluding hydrogens is 198 g/mol. The fourth-order valence-corrected chi connectivity index (χ4v) is 0.881. The van der Waals surface area contributed by atoms with Crippen molar-refractivity contribution in [1.82, 2.24) is 20.5 Å². The van der Waals surface area contributed by atoms with Gasteiger partial charge in [-0.1, -0.05) is 13.8 Å². The Bertz CT molecular complexity index is 371. The van der Waals surface area contributed by atoms with E-state index in [0.29, 0.717) is 5.82 Å². The first-order valence-corrected chi connectivity index (χ1v) is 4.49. The molecule has 4 N–H and O–H groups in total. The van der Waals surface area contributed by atoms with E-state index in [4.69, 9.17) is 5.73 Å². The molecule has 0 fully saturated rings. The molecule has 15 heavy (non-hydrogen) atoms. The number of nitrogens with zero attached hydrogens (tertiary/aromatic N) is 2. The normalized spacial score (nSPS) is 10.3. The molecule has 0 atom stereocenters. The minimum Gasteiger partial charge on any atom is -0.368 e. The molecule has 0 radical (unpaired) electrons. The SMILES string of the molecule is CC(C)c1nc(C(=O)NCC(N)=O)n[nH]1. The number of H-pyrrole nitrogens is 1. The predicted octanol–water partition coefficient (Wildman–Crippen LogP) is -0.857. The van der Waals surface area contributed by atoms with Gasteiger partial charge in [-0.3, -0.25) is 14.7 Å². The summed E-state index contributed by atoms with van der Waals surface area (Å²) in [6, 6.07) is 0. The lowest BCUT2D eigenvalue weighted by atomic mass is 10.2. The molecule has 1 rings (SSSR count). The number of nitrogens with one attached hydrogen (secondary N) is 2. The molecular formula is C8H13N5O2. The van der Waals surface area contributed by atoms with Crippen molar-refractivity contribution >= 4 is 11.8 Å². The summed E-state index contributed by atoms with van der Waals surface area (Å²) in [4.78, 5) is 25.7. The van der Waals surface area contributed by atoms with Crippen molar-refractivity contribution in [2.75, 3.05) is 6.54 Å². The highest BCUT2D eigenvalue weighted by molar-refractivity contribution is 5.93. The summed E-state index contributed by atoms with van der Waals surface area (Å²) >= 11 is 0. The van der Waals surface area contributed by atoms with Gasteiger partial charge in [0.15, 0.2) is 0 Å². The third-order valence-corrected chi connectivity index (χ3v) is 1.68. The van der Waals surface area contributed by atoms with Gasteiger partial charge in [-0.05, 0) is 0 Å². The number of hydrogen-bond donors (Lipinski definition) is 3. The van der Waals surface area contributed by atoms with E-state index in [0.717, 1.165) is 0 Å². The number of hydrogen-bond acceptors (Lipinski definition) is 4. The number of rotatable bonds is 4. The Kier molecular flexibility index (Phi) is 3.37. The minimum absolute atomic E-state index is 0.0138. The van der Waals surface area contributed by atoms with Crippen molar-refractivity contribution in [3.8, 4) is 0 Å². The van der Waals surface area contributed by atoms with Crippen molar-refractivity contribution in [2.24, 2.45) is 5.73 Å². The maximum atomic E-state index is 11.3. The number of primary amides is 1. The number of aromatic nitrogens is 3. The summed E-state index contributed by atoms with van der Waals surface area (Å²) in [5.74, 6) is -0.325. The molecule has 7 nitrogen and oxygen atoms in total. The summed E-state index contributed by atoms with van der Waals surface area (Å²) in [5, 5.41) is 8.64. The molecule has 0 aliphatic heterocycles. The molecule has 0 saturated heterocycles. The Balaban J connectivity index is 2.62. The largest absolute Gasteiger partial charge is 0.368 e. The van der Waals surface area contributed by atoms with Gasteiger partial charge in [0.1, 0.15) is 5.82 Å². The highest BCUT2D eigenvalue weighted by Crippen LogP contribution is 2.07. The van der Waals surface area contributed by atoms with E-state index in [9.17, 15) is 9.59 Å². The van der Waals surface area contributed by atoms with Gasteiger partial charge in [-0.25, -0.2) is 4.98 Å². The molecule has 1 heterocycles. The van der Waals surface area contributed by atoms with Crippen LogP contribution in [0.4, 0.5) is 0 Å². The molecule has 2 amide bonds. The zero-order valence-electron chi connectivity index (χ0n) is 8.57. The van der Waals surface area contributed by atoms with Crippen molar-refractivity contribution < 1.29 is 9.59 Å². The van der Waals surface area contributed by atoms with Crippen LogP contribution in [0.25, 0.3) is 0 Å². The molecule has 82 valence electrons. The Morgan fingerprint density at radius 2 is 2.20 bits per heavy atom. The lowest BCUT2D eigenvalue weighted by Gasteiger charge is -1.97. The topological polar surface area (TPSA) is 114 Å². The monoisotopic (exact) mass is 211 g/mol. The van der Waals surface area contributed by atoms with Gasteiger partial charge in [-0.2, -0.15) is 0 Å². The molecule has 1 aromatic heterocycles. The van der Waals surface area contributed by atoms with Crippen molar-refractivity contribution in [1.29, 1.82) is 0 Å². The van der Waals surface area contributed by atoms with Gasteiger partial charge in [0.05, 0.1) is 6.54 Å². The second-order valence-corrected chi connectivity index (χ2v) is 3.35. The number of carbonyl (C=O) groups excluding carboxylic acids is 2. The Morgan fingerprint density at radius 3 is 2.67 bits per heavy atom. The highest BCUT2D eigenvalue weighted by Gasteiger charge is 2.13. The van der Waals surface area contributed by atoms with Gasteiger partial charge in [0.2, 0.25) is 11.7 Å². The quantitative estimate of drug-likeness (QED) is 0.601. The summed E-state index contributed by atoms with van der Waals surface area (Å²) in [5.41, 5.74) is 4.87. The average molecular weight is 211 g/mol. The summed E-state index contributed by atoms with van der Waals surface area (Å²) in [6.45, 7) is 3.63. The second kappa shape index (κ2) is 4.54. The maximum absolute atomic E-state index is 11.3. The fourth-order valence-electron chi connectivity index (χ4n) is 0.881. The van der Waals surface area contributed by atoms with Crippen LogP contribution < -0.4 is 11.1 Å². The van der Waals surface area contributed by atoms with Crippen molar-refractivity contribution in [2.45, 2.75) is 19.8 Å². The third-order valence-electron chi connectivity index (χ3n) is 1.68. The van der Waals surface area contributed by atoms with E-state index >= 15 is 0 Å². The van der Waals surface area contributed by atoms with Crippen molar-refractivity contribution in [3.05, 3.63) is 11.6 Å². The van der Waals surface area contributed by atoms with Crippen molar-refractivity contribution in [3.63, 3.8) is 0 Å².